The second-order valence-electron chi connectivity index (χ2n) is 7.02. The average Bonchev–Trinajstić information content (AvgIpc) is 3.49. The lowest BCUT2D eigenvalue weighted by Crippen LogP contribution is -2.14. The minimum absolute atomic E-state index is 0.0789. The number of aromatic nitrogens is 2. The zero-order valence-electron chi connectivity index (χ0n) is 15.2. The highest BCUT2D eigenvalue weighted by Crippen LogP contribution is 2.41. The predicted molar refractivity (Wildman–Crippen MR) is 104 cm³/mol. The van der Waals surface area contributed by atoms with Crippen molar-refractivity contribution in [3.8, 4) is 11.3 Å². The van der Waals surface area contributed by atoms with E-state index in [2.05, 4.69) is 15.5 Å². The van der Waals surface area contributed by atoms with Gasteiger partial charge in [-0.1, -0.05) is 17.3 Å². The summed E-state index contributed by atoms with van der Waals surface area (Å²) in [4.78, 5) is 17.6. The van der Waals surface area contributed by atoms with Crippen LogP contribution >= 0.6 is 0 Å². The van der Waals surface area contributed by atoms with Crippen LogP contribution < -0.4 is 5.32 Å². The number of nitrogens with zero attached hydrogens (tertiary/aromatic N) is 2. The van der Waals surface area contributed by atoms with E-state index in [-0.39, 0.29) is 23.1 Å². The van der Waals surface area contributed by atoms with Crippen LogP contribution in [0.4, 0.5) is 14.5 Å². The average molecular weight is 391 g/mol. The smallest absolute Gasteiger partial charge is 0.259 e. The van der Waals surface area contributed by atoms with Crippen molar-refractivity contribution in [1.29, 1.82) is 0 Å². The van der Waals surface area contributed by atoms with Crippen LogP contribution in [0.2, 0.25) is 0 Å². The van der Waals surface area contributed by atoms with Crippen molar-refractivity contribution in [2.24, 2.45) is 0 Å². The van der Waals surface area contributed by atoms with Gasteiger partial charge in [0.15, 0.2) is 0 Å². The fourth-order valence-electron chi connectivity index (χ4n) is 3.29. The highest BCUT2D eigenvalue weighted by molar-refractivity contribution is 6.14. The first kappa shape index (κ1) is 17.5. The van der Waals surface area contributed by atoms with Gasteiger partial charge in [-0.15, -0.1) is 0 Å². The van der Waals surface area contributed by atoms with E-state index < -0.39 is 11.7 Å². The number of fused-ring (bicyclic) bond motifs is 1. The van der Waals surface area contributed by atoms with Crippen molar-refractivity contribution >= 4 is 22.7 Å². The van der Waals surface area contributed by atoms with Gasteiger partial charge in [-0.05, 0) is 55.3 Å². The molecule has 1 aliphatic carbocycles. The summed E-state index contributed by atoms with van der Waals surface area (Å²) in [7, 11) is 0. The van der Waals surface area contributed by atoms with Gasteiger partial charge in [-0.25, -0.2) is 13.8 Å². The lowest BCUT2D eigenvalue weighted by atomic mass is 10.0. The monoisotopic (exact) mass is 391 g/mol. The van der Waals surface area contributed by atoms with Gasteiger partial charge >= 0.3 is 0 Å². The normalized spacial score (nSPS) is 13.6. The third kappa shape index (κ3) is 3.24. The molecular weight excluding hydrogens is 376 g/mol. The number of anilines is 1. The molecule has 144 valence electrons. The zero-order valence-corrected chi connectivity index (χ0v) is 15.2. The number of hydrogen-bond acceptors (Lipinski definition) is 4. The molecule has 1 aliphatic rings. The van der Waals surface area contributed by atoms with Crippen LogP contribution in [0.5, 0.6) is 0 Å². The second kappa shape index (κ2) is 6.77. The molecule has 0 radical (unpaired) electrons. The fourth-order valence-corrected chi connectivity index (χ4v) is 3.29. The highest BCUT2D eigenvalue weighted by atomic mass is 19.1. The lowest BCUT2D eigenvalue weighted by molar-refractivity contribution is 0.102. The number of rotatable bonds is 4. The van der Waals surface area contributed by atoms with E-state index in [0.717, 1.165) is 18.5 Å². The maximum Gasteiger partial charge on any atom is 0.259 e. The van der Waals surface area contributed by atoms with E-state index in [1.165, 1.54) is 24.3 Å². The van der Waals surface area contributed by atoms with Crippen molar-refractivity contribution in [1.82, 2.24) is 10.1 Å². The Hall–Kier alpha value is -3.61. The highest BCUT2D eigenvalue weighted by Gasteiger charge is 2.29. The predicted octanol–water partition coefficient (Wildman–Crippen LogP) is 5.30. The van der Waals surface area contributed by atoms with Crippen molar-refractivity contribution < 1.29 is 18.1 Å². The number of para-hydroxylation sites is 1. The molecule has 4 aromatic rings. The van der Waals surface area contributed by atoms with Crippen molar-refractivity contribution in [2.45, 2.75) is 18.8 Å². The summed E-state index contributed by atoms with van der Waals surface area (Å²) in [5.74, 6) is -1.12. The Balaban J connectivity index is 1.65. The molecule has 0 spiro atoms. The Morgan fingerprint density at radius 1 is 1.07 bits per heavy atom. The van der Waals surface area contributed by atoms with Gasteiger partial charge < -0.3 is 9.84 Å². The van der Waals surface area contributed by atoms with E-state index >= 15 is 0 Å². The molecular formula is C22H15F2N3O2. The number of carbonyl (C=O) groups is 1. The van der Waals surface area contributed by atoms with E-state index in [0.29, 0.717) is 22.2 Å². The summed E-state index contributed by atoms with van der Waals surface area (Å²) < 4.78 is 32.8. The van der Waals surface area contributed by atoms with Gasteiger partial charge in [-0.3, -0.25) is 4.79 Å². The van der Waals surface area contributed by atoms with E-state index in [9.17, 15) is 13.6 Å². The Kier molecular flexibility index (Phi) is 4.08. The minimum atomic E-state index is -0.530. The zero-order chi connectivity index (χ0) is 20.0. The summed E-state index contributed by atoms with van der Waals surface area (Å²) in [6.45, 7) is 0. The quantitative estimate of drug-likeness (QED) is 0.513. The number of carbonyl (C=O) groups excluding carboxylic acids is 1. The second-order valence-corrected chi connectivity index (χ2v) is 7.02. The van der Waals surface area contributed by atoms with Crippen LogP contribution in [0.25, 0.3) is 22.4 Å². The first-order chi connectivity index (χ1) is 14.1. The van der Waals surface area contributed by atoms with Crippen molar-refractivity contribution in [3.05, 3.63) is 77.5 Å². The lowest BCUT2D eigenvalue weighted by Gasteiger charge is -2.09. The van der Waals surface area contributed by atoms with Crippen LogP contribution in [0, 0.1) is 11.6 Å². The molecule has 0 saturated heterocycles. The summed E-state index contributed by atoms with van der Waals surface area (Å²) >= 11 is 0. The molecule has 0 aliphatic heterocycles. The Morgan fingerprint density at radius 3 is 2.55 bits per heavy atom. The SMILES string of the molecule is O=C(Nc1ccccc1F)c1cc(C2CC2)nc2onc(-c3ccc(F)cc3)c12. The van der Waals surface area contributed by atoms with Crippen molar-refractivity contribution in [2.75, 3.05) is 5.32 Å². The third-order valence-electron chi connectivity index (χ3n) is 4.95. The third-order valence-corrected chi connectivity index (χ3v) is 4.95. The first-order valence-corrected chi connectivity index (χ1v) is 9.22. The fraction of sp³-hybridized carbons (Fsp3) is 0.136. The van der Waals surface area contributed by atoms with Crippen LogP contribution in [-0.4, -0.2) is 16.0 Å². The number of benzene rings is 2. The molecule has 29 heavy (non-hydrogen) atoms. The van der Waals surface area contributed by atoms with Gasteiger partial charge in [0, 0.05) is 17.2 Å². The molecule has 2 aromatic carbocycles. The molecule has 1 N–H and O–H groups in total. The molecule has 5 nitrogen and oxygen atoms in total. The Bertz CT molecular complexity index is 1230. The standard InChI is InChI=1S/C22H15F2N3O2/c23-14-9-7-13(8-10-14)20-19-15(21(28)25-17-4-2-1-3-16(17)24)11-18(12-5-6-12)26-22(19)29-27-20/h1-4,7-12H,5-6H2,(H,25,28). The molecule has 0 unspecified atom stereocenters. The minimum Gasteiger partial charge on any atom is -0.335 e. The Labute approximate surface area is 164 Å². The van der Waals surface area contributed by atoms with Gasteiger partial charge in [-0.2, -0.15) is 0 Å². The van der Waals surface area contributed by atoms with Crippen molar-refractivity contribution in [3.63, 3.8) is 0 Å². The molecule has 1 fully saturated rings. The van der Waals surface area contributed by atoms with Crippen LogP contribution in [0.15, 0.2) is 59.1 Å². The van der Waals surface area contributed by atoms with Gasteiger partial charge in [0.1, 0.15) is 17.3 Å². The van der Waals surface area contributed by atoms with E-state index in [1.54, 1.807) is 30.3 Å². The topological polar surface area (TPSA) is 68.0 Å². The molecule has 2 aromatic heterocycles. The number of hydrogen-bond donors (Lipinski definition) is 1. The largest absolute Gasteiger partial charge is 0.335 e. The van der Waals surface area contributed by atoms with Crippen LogP contribution in [0.1, 0.15) is 34.8 Å². The Morgan fingerprint density at radius 2 is 1.83 bits per heavy atom. The summed E-state index contributed by atoms with van der Waals surface area (Å²) in [6.07, 6.45) is 1.98. The summed E-state index contributed by atoms with van der Waals surface area (Å²) in [6, 6.07) is 13.4. The van der Waals surface area contributed by atoms with Gasteiger partial charge in [0.05, 0.1) is 16.6 Å². The van der Waals surface area contributed by atoms with E-state index in [4.69, 9.17) is 4.52 Å². The molecule has 0 bridgehead atoms. The van der Waals surface area contributed by atoms with Gasteiger partial charge in [0.2, 0.25) is 0 Å². The maximum atomic E-state index is 14.0. The van der Waals surface area contributed by atoms with Crippen LogP contribution in [0.3, 0.4) is 0 Å². The number of pyridine rings is 1. The number of halogens is 2. The summed E-state index contributed by atoms with van der Waals surface area (Å²) in [5, 5.41) is 7.09. The first-order valence-electron chi connectivity index (χ1n) is 9.22. The number of nitrogens with one attached hydrogen (secondary N) is 1. The molecule has 1 amide bonds. The summed E-state index contributed by atoms with van der Waals surface area (Å²) in [5.41, 5.74) is 2.32. The molecule has 5 rings (SSSR count). The number of amides is 1. The maximum absolute atomic E-state index is 14.0. The molecule has 2 heterocycles. The molecule has 0 atom stereocenters. The molecule has 1 saturated carbocycles. The molecule has 7 heteroatoms. The van der Waals surface area contributed by atoms with Crippen LogP contribution in [-0.2, 0) is 0 Å². The van der Waals surface area contributed by atoms with E-state index in [1.807, 2.05) is 0 Å². The van der Waals surface area contributed by atoms with Gasteiger partial charge in [0.25, 0.3) is 11.6 Å².